The fraction of sp³-hybridized carbons (Fsp3) is 0.364. The van der Waals surface area contributed by atoms with Crippen LogP contribution in [0.15, 0.2) is 48.5 Å². The number of aryl methyl sites for hydroxylation is 1. The van der Waals surface area contributed by atoms with Gasteiger partial charge in [-0.3, -0.25) is 9.69 Å². The average Bonchev–Trinajstić information content (AvgIpc) is 3.10. The number of anilines is 1. The summed E-state index contributed by atoms with van der Waals surface area (Å²) in [5.41, 5.74) is 2.68. The first-order chi connectivity index (χ1) is 14.2. The normalized spacial score (nSPS) is 14.8. The van der Waals surface area contributed by atoms with Crippen LogP contribution in [0, 0.1) is 0 Å². The molecule has 2 heterocycles. The number of nitrogens with one attached hydrogen (secondary N) is 1. The monoisotopic (exact) mass is 394 g/mol. The van der Waals surface area contributed by atoms with E-state index in [4.69, 9.17) is 14.5 Å². The molecule has 0 atom stereocenters. The number of carbonyl (C=O) groups excluding carboxylic acids is 1. The summed E-state index contributed by atoms with van der Waals surface area (Å²) in [6, 6.07) is 15.2. The zero-order valence-electron chi connectivity index (χ0n) is 16.6. The highest BCUT2D eigenvalue weighted by atomic mass is 16.5. The standard InChI is InChI=1S/C22H26N4O3/c1-2-26-20-9-8-17(23-22(27)16-29-18-6-4-3-5-7-18)14-19(20)24-21(26)15-25-10-12-28-13-11-25/h3-9,14H,2,10-13,15-16H2,1H3,(H,23,27). The molecule has 1 fully saturated rings. The first kappa shape index (κ1) is 19.4. The van der Waals surface area contributed by atoms with Crippen LogP contribution in [-0.4, -0.2) is 53.3 Å². The number of benzene rings is 2. The molecule has 1 aromatic heterocycles. The van der Waals surface area contributed by atoms with Crippen LogP contribution in [-0.2, 0) is 22.6 Å². The lowest BCUT2D eigenvalue weighted by molar-refractivity contribution is -0.118. The van der Waals surface area contributed by atoms with Crippen molar-refractivity contribution in [2.75, 3.05) is 38.2 Å². The maximum atomic E-state index is 12.2. The Morgan fingerprint density at radius 2 is 1.97 bits per heavy atom. The van der Waals surface area contributed by atoms with Gasteiger partial charge in [-0.05, 0) is 37.3 Å². The Morgan fingerprint density at radius 1 is 1.17 bits per heavy atom. The van der Waals surface area contributed by atoms with Gasteiger partial charge in [0, 0.05) is 25.3 Å². The number of nitrogens with zero attached hydrogens (tertiary/aromatic N) is 3. The summed E-state index contributed by atoms with van der Waals surface area (Å²) in [5.74, 6) is 1.52. The Labute approximate surface area is 170 Å². The van der Waals surface area contributed by atoms with Crippen molar-refractivity contribution in [3.05, 3.63) is 54.4 Å². The van der Waals surface area contributed by atoms with E-state index in [1.165, 1.54) is 0 Å². The topological polar surface area (TPSA) is 68.6 Å². The van der Waals surface area contributed by atoms with Crippen LogP contribution in [0.5, 0.6) is 5.75 Å². The highest BCUT2D eigenvalue weighted by Gasteiger charge is 2.16. The number of hydrogen-bond acceptors (Lipinski definition) is 5. The molecule has 0 unspecified atom stereocenters. The summed E-state index contributed by atoms with van der Waals surface area (Å²) in [4.78, 5) is 19.4. The molecule has 0 aliphatic carbocycles. The number of imidazole rings is 1. The van der Waals surface area contributed by atoms with Crippen LogP contribution < -0.4 is 10.1 Å². The van der Waals surface area contributed by atoms with E-state index in [2.05, 4.69) is 21.7 Å². The molecule has 1 aliphatic heterocycles. The Hall–Kier alpha value is -2.90. The fourth-order valence-corrected chi connectivity index (χ4v) is 3.55. The summed E-state index contributed by atoms with van der Waals surface area (Å²) in [6.07, 6.45) is 0. The summed E-state index contributed by atoms with van der Waals surface area (Å²) in [5, 5.41) is 2.89. The minimum absolute atomic E-state index is 0.0340. The molecule has 1 aliphatic rings. The maximum absolute atomic E-state index is 12.2. The molecular weight excluding hydrogens is 368 g/mol. The number of morpholine rings is 1. The average molecular weight is 394 g/mol. The molecule has 152 valence electrons. The van der Waals surface area contributed by atoms with Gasteiger partial charge >= 0.3 is 0 Å². The third kappa shape index (κ3) is 4.75. The third-order valence-electron chi connectivity index (χ3n) is 5.01. The lowest BCUT2D eigenvalue weighted by Gasteiger charge is -2.26. The van der Waals surface area contributed by atoms with Crippen LogP contribution in [0.1, 0.15) is 12.7 Å². The highest BCUT2D eigenvalue weighted by molar-refractivity contribution is 5.94. The van der Waals surface area contributed by atoms with Gasteiger partial charge in [0.2, 0.25) is 0 Å². The fourth-order valence-electron chi connectivity index (χ4n) is 3.55. The molecule has 0 bridgehead atoms. The second-order valence-corrected chi connectivity index (χ2v) is 7.01. The Balaban J connectivity index is 1.44. The van der Waals surface area contributed by atoms with Crippen LogP contribution in [0.25, 0.3) is 11.0 Å². The molecule has 1 amide bonds. The molecule has 3 aromatic rings. The third-order valence-corrected chi connectivity index (χ3v) is 5.01. The number of carbonyl (C=O) groups is 1. The molecule has 7 nitrogen and oxygen atoms in total. The van der Waals surface area contributed by atoms with E-state index in [9.17, 15) is 4.79 Å². The van der Waals surface area contributed by atoms with Gasteiger partial charge in [0.15, 0.2) is 6.61 Å². The van der Waals surface area contributed by atoms with E-state index >= 15 is 0 Å². The highest BCUT2D eigenvalue weighted by Crippen LogP contribution is 2.22. The van der Waals surface area contributed by atoms with Crippen molar-refractivity contribution in [3.63, 3.8) is 0 Å². The molecule has 7 heteroatoms. The predicted molar refractivity (Wildman–Crippen MR) is 112 cm³/mol. The minimum Gasteiger partial charge on any atom is -0.484 e. The Bertz CT molecular complexity index is 965. The number of para-hydroxylation sites is 1. The van der Waals surface area contributed by atoms with Crippen LogP contribution >= 0.6 is 0 Å². The van der Waals surface area contributed by atoms with Gasteiger partial charge in [-0.25, -0.2) is 4.98 Å². The molecule has 0 radical (unpaired) electrons. The van der Waals surface area contributed by atoms with Gasteiger partial charge in [-0.1, -0.05) is 18.2 Å². The van der Waals surface area contributed by atoms with Gasteiger partial charge in [-0.15, -0.1) is 0 Å². The first-order valence-electron chi connectivity index (χ1n) is 10.00. The molecule has 0 spiro atoms. The van der Waals surface area contributed by atoms with Crippen molar-refractivity contribution in [1.82, 2.24) is 14.5 Å². The zero-order chi connectivity index (χ0) is 20.1. The van der Waals surface area contributed by atoms with Crippen LogP contribution in [0.2, 0.25) is 0 Å². The summed E-state index contributed by atoms with van der Waals surface area (Å²) in [7, 11) is 0. The van der Waals surface area contributed by atoms with Crippen molar-refractivity contribution in [1.29, 1.82) is 0 Å². The Kier molecular flexibility index (Phi) is 6.07. The molecule has 4 rings (SSSR count). The maximum Gasteiger partial charge on any atom is 0.262 e. The summed E-state index contributed by atoms with van der Waals surface area (Å²) < 4.78 is 13.2. The van der Waals surface area contributed by atoms with Gasteiger partial charge in [-0.2, -0.15) is 0 Å². The van der Waals surface area contributed by atoms with Gasteiger partial charge < -0.3 is 19.4 Å². The van der Waals surface area contributed by atoms with E-state index < -0.39 is 0 Å². The predicted octanol–water partition coefficient (Wildman–Crippen LogP) is 2.91. The van der Waals surface area contributed by atoms with Crippen molar-refractivity contribution in [3.8, 4) is 5.75 Å². The van der Waals surface area contributed by atoms with E-state index in [-0.39, 0.29) is 12.5 Å². The van der Waals surface area contributed by atoms with Crippen LogP contribution in [0.4, 0.5) is 5.69 Å². The van der Waals surface area contributed by atoms with E-state index in [0.717, 1.165) is 61.9 Å². The van der Waals surface area contributed by atoms with Crippen molar-refractivity contribution >= 4 is 22.6 Å². The molecule has 2 aromatic carbocycles. The smallest absolute Gasteiger partial charge is 0.262 e. The van der Waals surface area contributed by atoms with Gasteiger partial charge in [0.1, 0.15) is 11.6 Å². The molecule has 1 saturated heterocycles. The summed E-state index contributed by atoms with van der Waals surface area (Å²) in [6.45, 7) is 7.14. The summed E-state index contributed by atoms with van der Waals surface area (Å²) >= 11 is 0. The zero-order valence-corrected chi connectivity index (χ0v) is 16.6. The number of fused-ring (bicyclic) bond motifs is 1. The number of ether oxygens (including phenoxy) is 2. The quantitative estimate of drug-likeness (QED) is 0.667. The molecule has 1 N–H and O–H groups in total. The van der Waals surface area contributed by atoms with Crippen molar-refractivity contribution in [2.45, 2.75) is 20.0 Å². The SMILES string of the molecule is CCn1c(CN2CCOCC2)nc2cc(NC(=O)COc3ccccc3)ccc21. The number of rotatable bonds is 7. The first-order valence-corrected chi connectivity index (χ1v) is 10.00. The number of aromatic nitrogens is 2. The second kappa shape index (κ2) is 9.07. The molecule has 0 saturated carbocycles. The number of hydrogen-bond donors (Lipinski definition) is 1. The van der Waals surface area contributed by atoms with Crippen LogP contribution in [0.3, 0.4) is 0 Å². The van der Waals surface area contributed by atoms with Crippen molar-refractivity contribution in [2.24, 2.45) is 0 Å². The van der Waals surface area contributed by atoms with E-state index in [0.29, 0.717) is 5.75 Å². The molecular formula is C22H26N4O3. The van der Waals surface area contributed by atoms with Crippen molar-refractivity contribution < 1.29 is 14.3 Å². The second-order valence-electron chi connectivity index (χ2n) is 7.01. The molecule has 29 heavy (non-hydrogen) atoms. The number of amides is 1. The van der Waals surface area contributed by atoms with Gasteiger partial charge in [0.25, 0.3) is 5.91 Å². The lowest BCUT2D eigenvalue weighted by atomic mass is 10.2. The lowest BCUT2D eigenvalue weighted by Crippen LogP contribution is -2.36. The largest absolute Gasteiger partial charge is 0.484 e. The van der Waals surface area contributed by atoms with Gasteiger partial charge in [0.05, 0.1) is 30.8 Å². The minimum atomic E-state index is -0.198. The van der Waals surface area contributed by atoms with E-state index in [1.54, 1.807) is 0 Å². The Morgan fingerprint density at radius 3 is 2.72 bits per heavy atom. The van der Waals surface area contributed by atoms with E-state index in [1.807, 2.05) is 48.5 Å².